The molecule has 0 aromatic rings. The second-order valence-corrected chi connectivity index (χ2v) is 5.23. The predicted octanol–water partition coefficient (Wildman–Crippen LogP) is 1.12. The molecule has 0 aliphatic heterocycles. The van der Waals surface area contributed by atoms with Crippen LogP contribution in [0.25, 0.3) is 0 Å². The van der Waals surface area contributed by atoms with Crippen LogP contribution in [0.1, 0.15) is 45.4 Å². The van der Waals surface area contributed by atoms with Crippen molar-refractivity contribution in [1.82, 2.24) is 5.32 Å². The maximum absolute atomic E-state index is 12.0. The molecule has 104 valence electrons. The normalized spacial score (nSPS) is 24.8. The zero-order valence-corrected chi connectivity index (χ0v) is 11.0. The zero-order valence-electron chi connectivity index (χ0n) is 11.0. The highest BCUT2D eigenvalue weighted by atomic mass is 16.4. The van der Waals surface area contributed by atoms with Crippen molar-refractivity contribution in [1.29, 1.82) is 0 Å². The van der Waals surface area contributed by atoms with Crippen LogP contribution in [0.3, 0.4) is 0 Å². The van der Waals surface area contributed by atoms with E-state index in [1.807, 2.05) is 6.92 Å². The van der Waals surface area contributed by atoms with E-state index in [0.29, 0.717) is 25.3 Å². The lowest BCUT2D eigenvalue weighted by Crippen LogP contribution is -2.39. The Kier molecular flexibility index (Phi) is 6.12. The Morgan fingerprint density at radius 2 is 2.17 bits per heavy atom. The second-order valence-electron chi connectivity index (χ2n) is 5.23. The highest BCUT2D eigenvalue weighted by Crippen LogP contribution is 2.31. The summed E-state index contributed by atoms with van der Waals surface area (Å²) in [5, 5.41) is 11.5. The van der Waals surface area contributed by atoms with Crippen molar-refractivity contribution in [3.8, 4) is 0 Å². The average Bonchev–Trinajstić information content (AvgIpc) is 2.76. The molecule has 4 N–H and O–H groups in total. The van der Waals surface area contributed by atoms with Crippen LogP contribution in [-0.4, -0.2) is 29.6 Å². The number of hydrogen-bond donors (Lipinski definition) is 3. The first-order valence-electron chi connectivity index (χ1n) is 6.76. The number of carbonyl (C=O) groups is 2. The van der Waals surface area contributed by atoms with E-state index < -0.39 is 5.97 Å². The first kappa shape index (κ1) is 15.0. The molecule has 0 heterocycles. The molecule has 1 aliphatic rings. The van der Waals surface area contributed by atoms with Gasteiger partial charge in [-0.2, -0.15) is 0 Å². The van der Waals surface area contributed by atoms with E-state index in [9.17, 15) is 9.59 Å². The van der Waals surface area contributed by atoms with Crippen molar-refractivity contribution >= 4 is 11.9 Å². The Bertz CT molecular complexity index is 294. The highest BCUT2D eigenvalue weighted by molar-refractivity contribution is 5.79. The van der Waals surface area contributed by atoms with Gasteiger partial charge in [-0.05, 0) is 45.1 Å². The van der Waals surface area contributed by atoms with E-state index in [1.54, 1.807) is 0 Å². The van der Waals surface area contributed by atoms with Crippen molar-refractivity contribution in [2.45, 2.75) is 51.5 Å². The smallest absolute Gasteiger partial charge is 0.303 e. The maximum Gasteiger partial charge on any atom is 0.303 e. The first-order valence-corrected chi connectivity index (χ1v) is 6.76. The molecule has 18 heavy (non-hydrogen) atoms. The third kappa shape index (κ3) is 4.64. The average molecular weight is 256 g/mol. The molecule has 1 fully saturated rings. The molecular weight excluding hydrogens is 232 g/mol. The summed E-state index contributed by atoms with van der Waals surface area (Å²) in [6.07, 6.45) is 4.51. The molecule has 0 aromatic heterocycles. The van der Waals surface area contributed by atoms with E-state index in [1.165, 1.54) is 0 Å². The van der Waals surface area contributed by atoms with E-state index in [4.69, 9.17) is 10.8 Å². The Hall–Kier alpha value is -1.10. The van der Waals surface area contributed by atoms with Gasteiger partial charge in [0.15, 0.2) is 0 Å². The molecule has 3 atom stereocenters. The lowest BCUT2D eigenvalue weighted by molar-refractivity contribution is -0.137. The standard InChI is InChI=1S/C13H24N2O3/c1-9(4-2-7-12(16)17)15-13(18)11-6-3-5-10(11)8-14/h9-11H,2-8,14H2,1H3,(H,15,18)(H,16,17). The van der Waals surface area contributed by atoms with Crippen molar-refractivity contribution in [3.05, 3.63) is 0 Å². The van der Waals surface area contributed by atoms with Gasteiger partial charge in [-0.25, -0.2) is 0 Å². The number of hydrogen-bond acceptors (Lipinski definition) is 3. The monoisotopic (exact) mass is 256 g/mol. The number of carboxylic acids is 1. The zero-order chi connectivity index (χ0) is 13.5. The largest absolute Gasteiger partial charge is 0.481 e. The Labute approximate surface area is 108 Å². The third-order valence-electron chi connectivity index (χ3n) is 3.72. The van der Waals surface area contributed by atoms with Gasteiger partial charge in [0, 0.05) is 18.4 Å². The van der Waals surface area contributed by atoms with Gasteiger partial charge in [-0.3, -0.25) is 9.59 Å². The summed E-state index contributed by atoms with van der Waals surface area (Å²) in [5.41, 5.74) is 5.66. The summed E-state index contributed by atoms with van der Waals surface area (Å²) in [5.74, 6) is -0.327. The van der Waals surface area contributed by atoms with Gasteiger partial charge in [0.2, 0.25) is 5.91 Å². The van der Waals surface area contributed by atoms with E-state index in [-0.39, 0.29) is 24.3 Å². The number of carbonyl (C=O) groups excluding carboxylic acids is 1. The van der Waals surface area contributed by atoms with Crippen LogP contribution in [0.15, 0.2) is 0 Å². The number of carboxylic acid groups (broad SMARTS) is 1. The molecule has 1 rings (SSSR count). The molecule has 0 bridgehead atoms. The SMILES string of the molecule is CC(CCCC(=O)O)NC(=O)C1CCCC1CN. The molecule has 1 amide bonds. The summed E-state index contributed by atoms with van der Waals surface area (Å²) in [6.45, 7) is 2.50. The fraction of sp³-hybridized carbons (Fsp3) is 0.846. The second kappa shape index (κ2) is 7.36. The lowest BCUT2D eigenvalue weighted by Gasteiger charge is -2.20. The number of aliphatic carboxylic acids is 1. The Morgan fingerprint density at radius 1 is 1.44 bits per heavy atom. The highest BCUT2D eigenvalue weighted by Gasteiger charge is 2.32. The molecule has 5 heteroatoms. The molecule has 0 radical (unpaired) electrons. The topological polar surface area (TPSA) is 92.4 Å². The summed E-state index contributed by atoms with van der Waals surface area (Å²) < 4.78 is 0. The molecule has 3 unspecified atom stereocenters. The minimum absolute atomic E-state index is 0.0378. The Balaban J connectivity index is 2.28. The van der Waals surface area contributed by atoms with Gasteiger partial charge in [-0.15, -0.1) is 0 Å². The van der Waals surface area contributed by atoms with E-state index >= 15 is 0 Å². The van der Waals surface area contributed by atoms with Gasteiger partial charge in [0.25, 0.3) is 0 Å². The van der Waals surface area contributed by atoms with Crippen LogP contribution < -0.4 is 11.1 Å². The van der Waals surface area contributed by atoms with Gasteiger partial charge in [0.05, 0.1) is 0 Å². The molecule has 1 aliphatic carbocycles. The van der Waals surface area contributed by atoms with Crippen LogP contribution in [0, 0.1) is 11.8 Å². The van der Waals surface area contributed by atoms with E-state index in [2.05, 4.69) is 5.32 Å². The summed E-state index contributed by atoms with van der Waals surface area (Å²) in [7, 11) is 0. The van der Waals surface area contributed by atoms with Gasteiger partial charge in [0.1, 0.15) is 0 Å². The number of nitrogens with one attached hydrogen (secondary N) is 1. The fourth-order valence-corrected chi connectivity index (χ4v) is 2.65. The van der Waals surface area contributed by atoms with E-state index in [0.717, 1.165) is 19.3 Å². The van der Waals surface area contributed by atoms with Crippen molar-refractivity contribution in [2.75, 3.05) is 6.54 Å². The van der Waals surface area contributed by atoms with Gasteiger partial charge < -0.3 is 16.2 Å². The van der Waals surface area contributed by atoms with Gasteiger partial charge in [-0.1, -0.05) is 6.42 Å². The number of amides is 1. The minimum Gasteiger partial charge on any atom is -0.481 e. The third-order valence-corrected chi connectivity index (χ3v) is 3.72. The fourth-order valence-electron chi connectivity index (χ4n) is 2.65. The van der Waals surface area contributed by atoms with Crippen LogP contribution >= 0.6 is 0 Å². The number of nitrogens with two attached hydrogens (primary N) is 1. The maximum atomic E-state index is 12.0. The summed E-state index contributed by atoms with van der Waals surface area (Å²) in [6, 6.07) is 0.0378. The number of rotatable bonds is 7. The summed E-state index contributed by atoms with van der Waals surface area (Å²) in [4.78, 5) is 22.4. The minimum atomic E-state index is -0.785. The molecule has 0 spiro atoms. The lowest BCUT2D eigenvalue weighted by atomic mass is 9.95. The van der Waals surface area contributed by atoms with Crippen LogP contribution in [0.4, 0.5) is 0 Å². The van der Waals surface area contributed by atoms with Crippen molar-refractivity contribution in [3.63, 3.8) is 0 Å². The molecule has 1 saturated carbocycles. The predicted molar refractivity (Wildman–Crippen MR) is 69.0 cm³/mol. The van der Waals surface area contributed by atoms with Gasteiger partial charge >= 0.3 is 5.97 Å². The molecule has 5 nitrogen and oxygen atoms in total. The van der Waals surface area contributed by atoms with Crippen LogP contribution in [-0.2, 0) is 9.59 Å². The molecule has 0 saturated heterocycles. The molecule has 0 aromatic carbocycles. The van der Waals surface area contributed by atoms with Crippen molar-refractivity contribution < 1.29 is 14.7 Å². The van der Waals surface area contributed by atoms with Crippen LogP contribution in [0.2, 0.25) is 0 Å². The Morgan fingerprint density at radius 3 is 2.78 bits per heavy atom. The summed E-state index contributed by atoms with van der Waals surface area (Å²) >= 11 is 0. The quantitative estimate of drug-likeness (QED) is 0.636. The van der Waals surface area contributed by atoms with Crippen LogP contribution in [0.5, 0.6) is 0 Å². The molecular formula is C13H24N2O3. The first-order chi connectivity index (χ1) is 8.54. The van der Waals surface area contributed by atoms with Crippen molar-refractivity contribution in [2.24, 2.45) is 17.6 Å².